The highest BCUT2D eigenvalue weighted by molar-refractivity contribution is 7.88. The van der Waals surface area contributed by atoms with Crippen LogP contribution in [0.15, 0.2) is 54.7 Å². The smallest absolute Gasteiger partial charge is 0.230 e. The predicted octanol–water partition coefficient (Wildman–Crippen LogP) is 4.02. The van der Waals surface area contributed by atoms with Gasteiger partial charge in [0.15, 0.2) is 11.6 Å². The zero-order valence-electron chi connectivity index (χ0n) is 20.0. The van der Waals surface area contributed by atoms with Gasteiger partial charge in [-0.15, -0.1) is 0 Å². The number of benzene rings is 2. The van der Waals surface area contributed by atoms with Crippen LogP contribution in [0.5, 0.6) is 11.6 Å². The van der Waals surface area contributed by atoms with Crippen molar-refractivity contribution in [2.75, 3.05) is 37.8 Å². The van der Waals surface area contributed by atoms with Crippen LogP contribution >= 0.6 is 0 Å². The van der Waals surface area contributed by atoms with Crippen molar-refractivity contribution in [1.82, 2.24) is 24.2 Å². The average Bonchev–Trinajstić information content (AvgIpc) is 3.22. The first-order valence-electron chi connectivity index (χ1n) is 11.6. The first kappa shape index (κ1) is 24.2. The summed E-state index contributed by atoms with van der Waals surface area (Å²) in [4.78, 5) is 14.0. The zero-order valence-corrected chi connectivity index (χ0v) is 20.8. The molecular formula is C25H27FN6O3S. The molecule has 2 aromatic carbocycles. The summed E-state index contributed by atoms with van der Waals surface area (Å²) < 4.78 is 45.6. The van der Waals surface area contributed by atoms with Gasteiger partial charge in [0.25, 0.3) is 0 Å². The molecule has 1 aliphatic rings. The van der Waals surface area contributed by atoms with Gasteiger partial charge in [-0.25, -0.2) is 17.8 Å². The van der Waals surface area contributed by atoms with Gasteiger partial charge in [0, 0.05) is 67.3 Å². The summed E-state index contributed by atoms with van der Waals surface area (Å²) in [6.07, 6.45) is 2.80. The third kappa shape index (κ3) is 5.48. The Morgan fingerprint density at radius 1 is 1.11 bits per heavy atom. The normalized spacial score (nSPS) is 15.3. The predicted molar refractivity (Wildman–Crippen MR) is 137 cm³/mol. The molecule has 36 heavy (non-hydrogen) atoms. The Hall–Kier alpha value is -3.54. The molecule has 1 fully saturated rings. The number of aryl methyl sites for hydroxylation is 1. The number of anilines is 2. The number of nitrogens with zero attached hydrogens (tertiary/aromatic N) is 4. The van der Waals surface area contributed by atoms with Gasteiger partial charge < -0.3 is 15.0 Å². The van der Waals surface area contributed by atoms with E-state index in [0.717, 1.165) is 16.9 Å². The quantitative estimate of drug-likeness (QED) is 0.387. The number of hydrogen-bond donors (Lipinski definition) is 2. The SMILES string of the molecule is Cc1cc2c(F)c(Oc3ccnc(Nc4cccc(CN5CCN(S(C)(=O)=O)CC5)c4)n3)ccc2[nH]1. The molecule has 0 bridgehead atoms. The molecule has 0 amide bonds. The first-order valence-corrected chi connectivity index (χ1v) is 13.4. The molecule has 3 heterocycles. The van der Waals surface area contributed by atoms with Crippen molar-refractivity contribution in [3.8, 4) is 11.6 Å². The number of nitrogens with one attached hydrogen (secondary N) is 2. The summed E-state index contributed by atoms with van der Waals surface area (Å²) in [6, 6.07) is 14.5. The third-order valence-corrected chi connectivity index (χ3v) is 7.37. The summed E-state index contributed by atoms with van der Waals surface area (Å²) >= 11 is 0. The maximum Gasteiger partial charge on any atom is 0.230 e. The fraction of sp³-hybridized carbons (Fsp3) is 0.280. The van der Waals surface area contributed by atoms with Crippen molar-refractivity contribution >= 4 is 32.6 Å². The number of fused-ring (bicyclic) bond motifs is 1. The number of ether oxygens (including phenoxy) is 1. The second-order valence-corrected chi connectivity index (χ2v) is 10.9. The van der Waals surface area contributed by atoms with Crippen LogP contribution in [0, 0.1) is 12.7 Å². The summed E-state index contributed by atoms with van der Waals surface area (Å²) in [5.41, 5.74) is 3.46. The molecule has 2 N–H and O–H groups in total. The second-order valence-electron chi connectivity index (χ2n) is 8.88. The van der Waals surface area contributed by atoms with Gasteiger partial charge in [-0.05, 0) is 42.8 Å². The van der Waals surface area contributed by atoms with Crippen LogP contribution in [0.2, 0.25) is 0 Å². The highest BCUT2D eigenvalue weighted by Gasteiger charge is 2.23. The largest absolute Gasteiger partial charge is 0.436 e. The standard InChI is InChI=1S/C25H27FN6O3S/c1-17-14-20-21(28-17)6-7-22(24(20)26)35-23-8-9-27-25(30-23)29-19-5-3-4-18(15-19)16-31-10-12-32(13-11-31)36(2,33)34/h3-9,14-15,28H,10-13,16H2,1-2H3,(H,27,29,30). The Kier molecular flexibility index (Phi) is 6.61. The molecule has 4 aromatic rings. The van der Waals surface area contributed by atoms with Gasteiger partial charge in [-0.2, -0.15) is 9.29 Å². The molecule has 0 spiro atoms. The summed E-state index contributed by atoms with van der Waals surface area (Å²) in [6.45, 7) is 4.92. The Morgan fingerprint density at radius 3 is 2.69 bits per heavy atom. The van der Waals surface area contributed by atoms with Crippen LogP contribution in [0.3, 0.4) is 0 Å². The van der Waals surface area contributed by atoms with Crippen LogP contribution in [0.1, 0.15) is 11.3 Å². The maximum absolute atomic E-state index is 14.9. The van der Waals surface area contributed by atoms with Crippen molar-refractivity contribution < 1.29 is 17.5 Å². The Bertz CT molecular complexity index is 1500. The van der Waals surface area contributed by atoms with E-state index in [1.54, 1.807) is 30.5 Å². The second kappa shape index (κ2) is 9.84. The number of halogens is 1. The minimum atomic E-state index is -3.15. The topological polar surface area (TPSA) is 103 Å². The first-order chi connectivity index (χ1) is 17.2. The monoisotopic (exact) mass is 510 g/mol. The lowest BCUT2D eigenvalue weighted by molar-refractivity contribution is 0.182. The van der Waals surface area contributed by atoms with Crippen LogP contribution in [-0.2, 0) is 16.6 Å². The van der Waals surface area contributed by atoms with E-state index in [1.165, 1.54) is 10.6 Å². The fourth-order valence-corrected chi connectivity index (χ4v) is 5.12. The molecular weight excluding hydrogens is 483 g/mol. The van der Waals surface area contributed by atoms with Gasteiger partial charge in [-0.3, -0.25) is 4.90 Å². The van der Waals surface area contributed by atoms with Crippen molar-refractivity contribution in [1.29, 1.82) is 0 Å². The molecule has 1 saturated heterocycles. The number of aromatic nitrogens is 3. The van der Waals surface area contributed by atoms with Crippen molar-refractivity contribution in [3.05, 3.63) is 71.8 Å². The van der Waals surface area contributed by atoms with Crippen LogP contribution in [0.4, 0.5) is 16.0 Å². The lowest BCUT2D eigenvalue weighted by Crippen LogP contribution is -2.47. The van der Waals surface area contributed by atoms with Crippen LogP contribution in [0.25, 0.3) is 10.9 Å². The van der Waals surface area contributed by atoms with Crippen LogP contribution in [-0.4, -0.2) is 65.0 Å². The highest BCUT2D eigenvalue weighted by atomic mass is 32.2. The zero-order chi connectivity index (χ0) is 25.3. The number of H-pyrrole nitrogens is 1. The third-order valence-electron chi connectivity index (χ3n) is 6.07. The van der Waals surface area contributed by atoms with Gasteiger partial charge in [-0.1, -0.05) is 12.1 Å². The van der Waals surface area contributed by atoms with Crippen molar-refractivity contribution in [2.45, 2.75) is 13.5 Å². The van der Waals surface area contributed by atoms with Gasteiger partial charge in [0.1, 0.15) is 0 Å². The number of hydrogen-bond acceptors (Lipinski definition) is 7. The molecule has 188 valence electrons. The van der Waals surface area contributed by atoms with E-state index in [9.17, 15) is 12.8 Å². The summed E-state index contributed by atoms with van der Waals surface area (Å²) in [5.74, 6) is 0.183. The minimum Gasteiger partial charge on any atom is -0.436 e. The summed E-state index contributed by atoms with van der Waals surface area (Å²) in [7, 11) is -3.15. The van der Waals surface area contributed by atoms with Crippen LogP contribution < -0.4 is 10.1 Å². The molecule has 0 radical (unpaired) electrons. The molecule has 0 unspecified atom stereocenters. The van der Waals surface area contributed by atoms with Crippen molar-refractivity contribution in [2.24, 2.45) is 0 Å². The van der Waals surface area contributed by atoms with E-state index in [-0.39, 0.29) is 11.6 Å². The molecule has 0 atom stereocenters. The van der Waals surface area contributed by atoms with E-state index in [1.807, 2.05) is 31.2 Å². The van der Waals surface area contributed by atoms with E-state index < -0.39 is 15.8 Å². The molecule has 1 aliphatic heterocycles. The number of rotatable bonds is 7. The van der Waals surface area contributed by atoms with Crippen molar-refractivity contribution in [3.63, 3.8) is 0 Å². The Morgan fingerprint density at radius 2 is 1.92 bits per heavy atom. The fourth-order valence-electron chi connectivity index (χ4n) is 4.29. The maximum atomic E-state index is 14.9. The van der Waals surface area contributed by atoms with Gasteiger partial charge in [0.05, 0.1) is 6.26 Å². The van der Waals surface area contributed by atoms with E-state index in [2.05, 4.69) is 25.2 Å². The molecule has 0 saturated carbocycles. The molecule has 11 heteroatoms. The van der Waals surface area contributed by atoms with E-state index in [0.29, 0.717) is 49.6 Å². The summed E-state index contributed by atoms with van der Waals surface area (Å²) in [5, 5.41) is 3.64. The van der Waals surface area contributed by atoms with Gasteiger partial charge >= 0.3 is 0 Å². The van der Waals surface area contributed by atoms with E-state index in [4.69, 9.17) is 4.74 Å². The number of sulfonamides is 1. The Balaban J connectivity index is 1.25. The highest BCUT2D eigenvalue weighted by Crippen LogP contribution is 2.30. The van der Waals surface area contributed by atoms with Gasteiger partial charge in [0.2, 0.25) is 21.9 Å². The molecule has 9 nitrogen and oxygen atoms in total. The number of piperazine rings is 1. The van der Waals surface area contributed by atoms with E-state index >= 15 is 0 Å². The molecule has 2 aromatic heterocycles. The lowest BCUT2D eigenvalue weighted by atomic mass is 10.2. The minimum absolute atomic E-state index is 0.0871. The lowest BCUT2D eigenvalue weighted by Gasteiger charge is -2.33. The molecule has 0 aliphatic carbocycles. The number of aromatic amines is 1. The average molecular weight is 511 g/mol. The molecule has 5 rings (SSSR count). The Labute approximate surface area is 209 Å².